The Morgan fingerprint density at radius 1 is 0.970 bits per heavy atom. The molecule has 3 aromatic carbocycles. The minimum Gasteiger partial charge on any atom is -0.356 e. The van der Waals surface area contributed by atoms with E-state index >= 15 is 0 Å². The van der Waals surface area contributed by atoms with Gasteiger partial charge in [0.25, 0.3) is 5.56 Å². The molecule has 33 heavy (non-hydrogen) atoms. The van der Waals surface area contributed by atoms with Crippen LogP contribution in [-0.4, -0.2) is 15.0 Å². The van der Waals surface area contributed by atoms with Crippen LogP contribution in [0.25, 0.3) is 10.9 Å². The Morgan fingerprint density at radius 3 is 2.33 bits per heavy atom. The second kappa shape index (κ2) is 10.0. The van der Waals surface area contributed by atoms with Gasteiger partial charge >= 0.3 is 0 Å². The number of hydrogen-bond donors (Lipinski definition) is 2. The molecule has 4 nitrogen and oxygen atoms in total. The first kappa shape index (κ1) is 22.7. The van der Waals surface area contributed by atoms with E-state index in [0.29, 0.717) is 23.8 Å². The van der Waals surface area contributed by atoms with Crippen molar-refractivity contribution in [2.75, 3.05) is 0 Å². The molecule has 4 aromatic rings. The number of fused-ring (bicyclic) bond motifs is 1. The van der Waals surface area contributed by atoms with E-state index in [1.54, 1.807) is 0 Å². The molecule has 0 aliphatic heterocycles. The van der Waals surface area contributed by atoms with Gasteiger partial charge in [0.05, 0.1) is 18.1 Å². The van der Waals surface area contributed by atoms with Crippen LogP contribution in [0.1, 0.15) is 40.8 Å². The third-order valence-corrected chi connectivity index (χ3v) is 6.25. The number of nitrogens with zero attached hydrogens (tertiary/aromatic N) is 1. The van der Waals surface area contributed by atoms with Crippen molar-refractivity contribution in [2.24, 2.45) is 0 Å². The number of nitrogens with one attached hydrogen (secondary N) is 2. The standard InChI is InChI=1S/C28H29N3OS/c1-19-14-20(2)26-24(15-19)16-25(27(32)30-26)18-31(17-22-10-6-4-7-11-22)28(33)29-21(3)23-12-8-5-9-13-23/h4-16,21H,17-18H2,1-3H3,(H,29,33)(H,30,32). The highest BCUT2D eigenvalue weighted by Gasteiger charge is 2.17. The highest BCUT2D eigenvalue weighted by Crippen LogP contribution is 2.20. The zero-order chi connectivity index (χ0) is 23.4. The molecule has 0 spiro atoms. The lowest BCUT2D eigenvalue weighted by atomic mass is 10.0. The summed E-state index contributed by atoms with van der Waals surface area (Å²) in [6.45, 7) is 7.22. The lowest BCUT2D eigenvalue weighted by Crippen LogP contribution is -2.41. The predicted molar refractivity (Wildman–Crippen MR) is 140 cm³/mol. The fourth-order valence-electron chi connectivity index (χ4n) is 4.16. The van der Waals surface area contributed by atoms with Crippen molar-refractivity contribution < 1.29 is 0 Å². The summed E-state index contributed by atoms with van der Waals surface area (Å²) in [6, 6.07) is 26.7. The molecule has 0 fully saturated rings. The van der Waals surface area contributed by atoms with Crippen molar-refractivity contribution in [3.05, 3.63) is 117 Å². The van der Waals surface area contributed by atoms with Crippen molar-refractivity contribution in [3.8, 4) is 0 Å². The molecule has 2 N–H and O–H groups in total. The van der Waals surface area contributed by atoms with E-state index in [0.717, 1.165) is 27.6 Å². The summed E-state index contributed by atoms with van der Waals surface area (Å²) in [5.41, 5.74) is 6.05. The van der Waals surface area contributed by atoms with Gasteiger partial charge in [-0.1, -0.05) is 72.3 Å². The van der Waals surface area contributed by atoms with Gasteiger partial charge in [0, 0.05) is 12.1 Å². The fourth-order valence-corrected chi connectivity index (χ4v) is 4.47. The normalized spacial score (nSPS) is 11.8. The first-order valence-electron chi connectivity index (χ1n) is 11.2. The summed E-state index contributed by atoms with van der Waals surface area (Å²) in [7, 11) is 0. The van der Waals surface area contributed by atoms with E-state index in [1.807, 2.05) is 49.4 Å². The molecule has 4 rings (SSSR count). The SMILES string of the molecule is Cc1cc(C)c2[nH]c(=O)c(CN(Cc3ccccc3)C(=S)NC(C)c3ccccc3)cc2c1. The average molecular weight is 456 g/mol. The molecule has 1 aromatic heterocycles. The zero-order valence-electron chi connectivity index (χ0n) is 19.3. The minimum atomic E-state index is -0.0774. The molecule has 0 saturated carbocycles. The summed E-state index contributed by atoms with van der Waals surface area (Å²) in [5, 5.41) is 5.12. The summed E-state index contributed by atoms with van der Waals surface area (Å²) < 4.78 is 0. The minimum absolute atomic E-state index is 0.0529. The Kier molecular flexibility index (Phi) is 6.90. The maximum atomic E-state index is 13.0. The lowest BCUT2D eigenvalue weighted by Gasteiger charge is -2.28. The van der Waals surface area contributed by atoms with Gasteiger partial charge in [-0.25, -0.2) is 0 Å². The monoisotopic (exact) mass is 455 g/mol. The number of aryl methyl sites for hydroxylation is 2. The third kappa shape index (κ3) is 5.49. The number of rotatable bonds is 6. The molecule has 0 aliphatic carbocycles. The van der Waals surface area contributed by atoms with Crippen LogP contribution in [0.2, 0.25) is 0 Å². The highest BCUT2D eigenvalue weighted by molar-refractivity contribution is 7.80. The van der Waals surface area contributed by atoms with E-state index in [4.69, 9.17) is 12.2 Å². The number of aromatic amines is 1. The van der Waals surface area contributed by atoms with Gasteiger partial charge in [-0.2, -0.15) is 0 Å². The third-order valence-electron chi connectivity index (χ3n) is 5.87. The van der Waals surface area contributed by atoms with Gasteiger partial charge in [0.15, 0.2) is 5.11 Å². The molecular weight excluding hydrogens is 426 g/mol. The van der Waals surface area contributed by atoms with Crippen molar-refractivity contribution in [1.29, 1.82) is 0 Å². The van der Waals surface area contributed by atoms with Gasteiger partial charge in [-0.05, 0) is 67.2 Å². The molecule has 168 valence electrons. The fraction of sp³-hybridized carbons (Fsp3) is 0.214. The van der Waals surface area contributed by atoms with Gasteiger partial charge in [0.2, 0.25) is 0 Å². The van der Waals surface area contributed by atoms with Crippen molar-refractivity contribution in [3.63, 3.8) is 0 Å². The van der Waals surface area contributed by atoms with Gasteiger partial charge in [-0.15, -0.1) is 0 Å². The molecule has 0 radical (unpaired) electrons. The van der Waals surface area contributed by atoms with Crippen LogP contribution in [0.4, 0.5) is 0 Å². The number of aromatic nitrogens is 1. The quantitative estimate of drug-likeness (QED) is 0.362. The van der Waals surface area contributed by atoms with Crippen LogP contribution in [0.5, 0.6) is 0 Å². The van der Waals surface area contributed by atoms with Crippen molar-refractivity contribution in [1.82, 2.24) is 15.2 Å². The van der Waals surface area contributed by atoms with Gasteiger partial charge in [-0.3, -0.25) is 4.79 Å². The molecule has 1 heterocycles. The number of H-pyrrole nitrogens is 1. The van der Waals surface area contributed by atoms with Crippen LogP contribution in [-0.2, 0) is 13.1 Å². The maximum Gasteiger partial charge on any atom is 0.253 e. The summed E-state index contributed by atoms with van der Waals surface area (Å²) >= 11 is 5.83. The Hall–Kier alpha value is -3.44. The molecule has 1 unspecified atom stereocenters. The van der Waals surface area contributed by atoms with Crippen molar-refractivity contribution in [2.45, 2.75) is 39.9 Å². The van der Waals surface area contributed by atoms with E-state index < -0.39 is 0 Å². The van der Waals surface area contributed by atoms with Crippen LogP contribution in [0.3, 0.4) is 0 Å². The van der Waals surface area contributed by atoms with Gasteiger partial charge in [0.1, 0.15) is 0 Å². The second-order valence-electron chi connectivity index (χ2n) is 8.59. The Labute approximate surface area is 200 Å². The molecule has 0 bridgehead atoms. The number of benzene rings is 3. The summed E-state index contributed by atoms with van der Waals surface area (Å²) in [4.78, 5) is 18.1. The Morgan fingerprint density at radius 2 is 1.64 bits per heavy atom. The van der Waals surface area contributed by atoms with E-state index in [2.05, 4.69) is 65.4 Å². The molecule has 1 atom stereocenters. The molecule has 0 amide bonds. The number of pyridine rings is 1. The largest absolute Gasteiger partial charge is 0.356 e. The van der Waals surface area contributed by atoms with Crippen LogP contribution in [0, 0.1) is 13.8 Å². The Bertz CT molecular complexity index is 1320. The summed E-state index contributed by atoms with van der Waals surface area (Å²) in [6.07, 6.45) is 0. The topological polar surface area (TPSA) is 48.1 Å². The lowest BCUT2D eigenvalue weighted by molar-refractivity contribution is 0.392. The average Bonchev–Trinajstić information content (AvgIpc) is 2.81. The molecular formula is C28H29N3OS. The highest BCUT2D eigenvalue weighted by atomic mass is 32.1. The number of hydrogen-bond acceptors (Lipinski definition) is 2. The zero-order valence-corrected chi connectivity index (χ0v) is 20.1. The first-order chi connectivity index (χ1) is 15.9. The van der Waals surface area contributed by atoms with Gasteiger partial charge < -0.3 is 15.2 Å². The smallest absolute Gasteiger partial charge is 0.253 e. The first-order valence-corrected chi connectivity index (χ1v) is 11.6. The Balaban J connectivity index is 1.64. The molecule has 5 heteroatoms. The van der Waals surface area contributed by atoms with E-state index in [-0.39, 0.29) is 11.6 Å². The maximum absolute atomic E-state index is 13.0. The van der Waals surface area contributed by atoms with Crippen LogP contribution >= 0.6 is 12.2 Å². The van der Waals surface area contributed by atoms with Crippen molar-refractivity contribution >= 4 is 28.2 Å². The predicted octanol–water partition coefficient (Wildman–Crippen LogP) is 5.78. The second-order valence-corrected chi connectivity index (χ2v) is 8.98. The van der Waals surface area contributed by atoms with E-state index in [1.165, 1.54) is 5.56 Å². The van der Waals surface area contributed by atoms with Crippen LogP contribution in [0.15, 0.2) is 83.7 Å². The molecule has 0 aliphatic rings. The number of thiocarbonyl (C=S) groups is 1. The van der Waals surface area contributed by atoms with Crippen LogP contribution < -0.4 is 10.9 Å². The summed E-state index contributed by atoms with van der Waals surface area (Å²) in [5.74, 6) is 0. The molecule has 0 saturated heterocycles. The van der Waals surface area contributed by atoms with E-state index in [9.17, 15) is 4.79 Å².